The van der Waals surface area contributed by atoms with E-state index in [0.717, 1.165) is 22.6 Å². The highest BCUT2D eigenvalue weighted by Crippen LogP contribution is 2.43. The van der Waals surface area contributed by atoms with Crippen molar-refractivity contribution in [2.75, 3.05) is 11.1 Å². The molecule has 0 fully saturated rings. The standard InChI is InChI=1S/C20H23N5O2S/c1-11(2)24-19-17(20(27)23-24)18(28-10-15(26)21-19)16-12(3)22-25(13(16)4)14-8-6-5-7-9-14/h5-9,11,18H,10H2,1-4H3,(H,21,26)(H,23,27)/t18-/m1/s1. The predicted octanol–water partition coefficient (Wildman–Crippen LogP) is 3.33. The molecule has 1 aliphatic heterocycles. The summed E-state index contributed by atoms with van der Waals surface area (Å²) in [5.74, 6) is 0.742. The summed E-state index contributed by atoms with van der Waals surface area (Å²) in [4.78, 5) is 25.2. The van der Waals surface area contributed by atoms with E-state index in [-0.39, 0.29) is 28.5 Å². The highest BCUT2D eigenvalue weighted by atomic mass is 32.2. The van der Waals surface area contributed by atoms with Crippen LogP contribution < -0.4 is 10.9 Å². The third-order valence-corrected chi connectivity index (χ3v) is 6.22. The average molecular weight is 398 g/mol. The number of aromatic nitrogens is 4. The van der Waals surface area contributed by atoms with Crippen LogP contribution in [0.3, 0.4) is 0 Å². The second-order valence-electron chi connectivity index (χ2n) is 7.24. The van der Waals surface area contributed by atoms with Crippen molar-refractivity contribution in [1.29, 1.82) is 0 Å². The van der Waals surface area contributed by atoms with Crippen molar-refractivity contribution in [3.05, 3.63) is 63.2 Å². The van der Waals surface area contributed by atoms with Crippen molar-refractivity contribution < 1.29 is 4.79 Å². The van der Waals surface area contributed by atoms with E-state index in [2.05, 4.69) is 10.4 Å². The number of carbonyl (C=O) groups is 1. The molecule has 0 radical (unpaired) electrons. The number of hydrogen-bond acceptors (Lipinski definition) is 4. The molecule has 3 aromatic rings. The van der Waals surface area contributed by atoms with E-state index in [0.29, 0.717) is 11.4 Å². The highest BCUT2D eigenvalue weighted by Gasteiger charge is 2.34. The van der Waals surface area contributed by atoms with E-state index < -0.39 is 0 Å². The Bertz CT molecular complexity index is 1090. The maximum absolute atomic E-state index is 12.9. The second-order valence-corrected chi connectivity index (χ2v) is 8.33. The Kier molecular flexibility index (Phi) is 4.66. The van der Waals surface area contributed by atoms with Crippen molar-refractivity contribution in [1.82, 2.24) is 19.6 Å². The smallest absolute Gasteiger partial charge is 0.270 e. The molecule has 0 saturated heterocycles. The molecule has 2 aromatic heterocycles. The van der Waals surface area contributed by atoms with Gasteiger partial charge < -0.3 is 5.32 Å². The summed E-state index contributed by atoms with van der Waals surface area (Å²) in [6.45, 7) is 7.91. The van der Waals surface area contributed by atoms with Gasteiger partial charge >= 0.3 is 0 Å². The number of carbonyl (C=O) groups excluding carboxylic acids is 1. The van der Waals surface area contributed by atoms with Gasteiger partial charge in [-0.15, -0.1) is 11.8 Å². The molecule has 1 atom stereocenters. The third-order valence-electron chi connectivity index (χ3n) is 4.99. The summed E-state index contributed by atoms with van der Waals surface area (Å²) in [6, 6.07) is 9.94. The molecule has 28 heavy (non-hydrogen) atoms. The number of nitrogens with one attached hydrogen (secondary N) is 2. The first-order valence-corrected chi connectivity index (χ1v) is 10.3. The average Bonchev–Trinajstić information content (AvgIpc) is 3.07. The van der Waals surface area contributed by atoms with Crippen LogP contribution in [0.25, 0.3) is 5.69 Å². The monoisotopic (exact) mass is 397 g/mol. The second kappa shape index (κ2) is 7.01. The molecule has 7 nitrogen and oxygen atoms in total. The van der Waals surface area contributed by atoms with Gasteiger partial charge in [0.2, 0.25) is 5.91 Å². The van der Waals surface area contributed by atoms with Gasteiger partial charge in [-0.2, -0.15) is 5.10 Å². The third kappa shape index (κ3) is 2.97. The molecule has 4 rings (SSSR count). The van der Waals surface area contributed by atoms with Crippen molar-refractivity contribution in [2.24, 2.45) is 0 Å². The van der Waals surface area contributed by atoms with E-state index in [4.69, 9.17) is 5.10 Å². The fraction of sp³-hybridized carbons (Fsp3) is 0.350. The Balaban J connectivity index is 1.91. The van der Waals surface area contributed by atoms with Crippen LogP contribution >= 0.6 is 11.8 Å². The van der Waals surface area contributed by atoms with Gasteiger partial charge in [-0.1, -0.05) is 18.2 Å². The van der Waals surface area contributed by atoms with E-state index >= 15 is 0 Å². The van der Waals surface area contributed by atoms with Gasteiger partial charge in [0.05, 0.1) is 27.9 Å². The molecular weight excluding hydrogens is 374 g/mol. The summed E-state index contributed by atoms with van der Waals surface area (Å²) in [6.07, 6.45) is 0. The first kappa shape index (κ1) is 18.6. The number of H-pyrrole nitrogens is 1. The molecule has 0 bridgehead atoms. The quantitative estimate of drug-likeness (QED) is 0.710. The van der Waals surface area contributed by atoms with Crippen LogP contribution in [0.1, 0.15) is 47.7 Å². The molecule has 0 saturated carbocycles. The number of aryl methyl sites for hydroxylation is 1. The summed E-state index contributed by atoms with van der Waals surface area (Å²) in [5.41, 5.74) is 4.20. The lowest BCUT2D eigenvalue weighted by atomic mass is 10.0. The lowest BCUT2D eigenvalue weighted by Crippen LogP contribution is -2.17. The van der Waals surface area contributed by atoms with Gasteiger partial charge in [0.25, 0.3) is 5.56 Å². The highest BCUT2D eigenvalue weighted by molar-refractivity contribution is 8.00. The largest absolute Gasteiger partial charge is 0.310 e. The van der Waals surface area contributed by atoms with Crippen LogP contribution in [-0.2, 0) is 4.79 Å². The Morgan fingerprint density at radius 1 is 1.14 bits per heavy atom. The van der Waals surface area contributed by atoms with Crippen molar-refractivity contribution >= 4 is 23.5 Å². The molecule has 2 N–H and O–H groups in total. The van der Waals surface area contributed by atoms with Gasteiger partial charge in [-0.3, -0.25) is 19.4 Å². The number of thioether (sulfide) groups is 1. The van der Waals surface area contributed by atoms with Gasteiger partial charge in [-0.25, -0.2) is 4.68 Å². The molecule has 1 amide bonds. The van der Waals surface area contributed by atoms with Gasteiger partial charge in [0.1, 0.15) is 5.82 Å². The molecule has 0 aliphatic carbocycles. The van der Waals surface area contributed by atoms with E-state index in [1.54, 1.807) is 4.68 Å². The molecule has 0 unspecified atom stereocenters. The van der Waals surface area contributed by atoms with Gasteiger partial charge in [0, 0.05) is 17.3 Å². The SMILES string of the molecule is Cc1nn(-c2ccccc2)c(C)c1[C@H]1SCC(=O)Nc2c1c(=O)[nH]n2C(C)C. The van der Waals surface area contributed by atoms with Gasteiger partial charge in [0.15, 0.2) is 0 Å². The van der Waals surface area contributed by atoms with Crippen molar-refractivity contribution in [3.8, 4) is 5.69 Å². The van der Waals surface area contributed by atoms with Crippen LogP contribution in [0.5, 0.6) is 0 Å². The Hall–Kier alpha value is -2.74. The summed E-state index contributed by atoms with van der Waals surface area (Å²) < 4.78 is 3.64. The van der Waals surface area contributed by atoms with E-state index in [1.165, 1.54) is 11.8 Å². The van der Waals surface area contributed by atoms with Crippen LogP contribution in [-0.4, -0.2) is 31.2 Å². The fourth-order valence-electron chi connectivity index (χ4n) is 3.71. The number of hydrogen-bond donors (Lipinski definition) is 2. The molecule has 3 heterocycles. The van der Waals surface area contributed by atoms with E-state index in [9.17, 15) is 9.59 Å². The predicted molar refractivity (Wildman–Crippen MR) is 111 cm³/mol. The number of para-hydroxylation sites is 1. The minimum Gasteiger partial charge on any atom is -0.310 e. The van der Waals surface area contributed by atoms with Crippen molar-refractivity contribution in [3.63, 3.8) is 0 Å². The summed E-state index contributed by atoms with van der Waals surface area (Å²) in [7, 11) is 0. The first-order chi connectivity index (χ1) is 13.4. The number of benzene rings is 1. The minimum atomic E-state index is -0.268. The number of aromatic amines is 1. The molecular formula is C20H23N5O2S. The van der Waals surface area contributed by atoms with Crippen LogP contribution in [0.15, 0.2) is 35.1 Å². The van der Waals surface area contributed by atoms with Crippen LogP contribution in [0.4, 0.5) is 5.82 Å². The Morgan fingerprint density at radius 2 is 1.86 bits per heavy atom. The first-order valence-electron chi connectivity index (χ1n) is 9.26. The minimum absolute atomic E-state index is 0.0229. The fourth-order valence-corrected chi connectivity index (χ4v) is 5.00. The molecule has 146 valence electrons. The number of amides is 1. The Labute approximate surface area is 167 Å². The van der Waals surface area contributed by atoms with Crippen LogP contribution in [0, 0.1) is 13.8 Å². The number of anilines is 1. The zero-order chi connectivity index (χ0) is 20.0. The van der Waals surface area contributed by atoms with E-state index in [1.807, 2.05) is 62.7 Å². The topological polar surface area (TPSA) is 84.7 Å². The Morgan fingerprint density at radius 3 is 2.54 bits per heavy atom. The summed E-state index contributed by atoms with van der Waals surface area (Å²) >= 11 is 1.47. The lowest BCUT2D eigenvalue weighted by molar-refractivity contribution is -0.113. The number of rotatable bonds is 3. The zero-order valence-electron chi connectivity index (χ0n) is 16.3. The molecule has 1 aromatic carbocycles. The molecule has 0 spiro atoms. The number of nitrogens with zero attached hydrogens (tertiary/aromatic N) is 3. The zero-order valence-corrected chi connectivity index (χ0v) is 17.1. The normalized spacial score (nSPS) is 16.8. The maximum atomic E-state index is 12.9. The van der Waals surface area contributed by atoms with Gasteiger partial charge in [-0.05, 0) is 39.8 Å². The lowest BCUT2D eigenvalue weighted by Gasteiger charge is -2.15. The molecule has 8 heteroatoms. The molecule has 1 aliphatic rings. The maximum Gasteiger partial charge on any atom is 0.270 e. The summed E-state index contributed by atoms with van der Waals surface area (Å²) in [5, 5.41) is 10.3. The van der Waals surface area contributed by atoms with Crippen LogP contribution in [0.2, 0.25) is 0 Å². The van der Waals surface area contributed by atoms with Crippen molar-refractivity contribution in [2.45, 2.75) is 39.0 Å². The number of fused-ring (bicyclic) bond motifs is 1.